The van der Waals surface area contributed by atoms with E-state index in [1.165, 1.54) is 11.8 Å². The van der Waals surface area contributed by atoms with Gasteiger partial charge in [-0.25, -0.2) is 5.43 Å². The molecular weight excluding hydrogens is 477 g/mol. The van der Waals surface area contributed by atoms with Crippen LogP contribution in [0, 0.1) is 0 Å². The molecule has 0 bridgehead atoms. The van der Waals surface area contributed by atoms with Gasteiger partial charge in [0.05, 0.1) is 21.5 Å². The summed E-state index contributed by atoms with van der Waals surface area (Å²) in [6.07, 6.45) is 0. The van der Waals surface area contributed by atoms with Gasteiger partial charge in [-0.1, -0.05) is 89.6 Å². The summed E-state index contributed by atoms with van der Waals surface area (Å²) in [4.78, 5) is 12.5. The van der Waals surface area contributed by atoms with E-state index in [0.29, 0.717) is 26.7 Å². The zero-order valence-corrected chi connectivity index (χ0v) is 19.9. The molecule has 33 heavy (non-hydrogen) atoms. The number of hydrazone groups is 1. The van der Waals surface area contributed by atoms with Crippen LogP contribution in [-0.2, 0) is 4.79 Å². The van der Waals surface area contributed by atoms with E-state index in [0.717, 1.165) is 16.8 Å². The Morgan fingerprint density at radius 3 is 2.36 bits per heavy atom. The number of hydrogen-bond acceptors (Lipinski definition) is 5. The Labute approximate surface area is 205 Å². The van der Waals surface area contributed by atoms with Crippen LogP contribution in [0.1, 0.15) is 12.5 Å². The number of aromatic nitrogens is 3. The molecule has 0 atom stereocenters. The van der Waals surface area contributed by atoms with Gasteiger partial charge in [-0.3, -0.25) is 9.36 Å². The van der Waals surface area contributed by atoms with Gasteiger partial charge < -0.3 is 0 Å². The van der Waals surface area contributed by atoms with Gasteiger partial charge >= 0.3 is 0 Å². The number of nitrogens with zero attached hydrogens (tertiary/aromatic N) is 4. The number of halogens is 2. The van der Waals surface area contributed by atoms with E-state index in [1.54, 1.807) is 25.1 Å². The van der Waals surface area contributed by atoms with Crippen molar-refractivity contribution in [2.75, 3.05) is 5.75 Å². The zero-order chi connectivity index (χ0) is 23.2. The number of benzene rings is 3. The van der Waals surface area contributed by atoms with Crippen molar-refractivity contribution < 1.29 is 4.79 Å². The van der Waals surface area contributed by atoms with Crippen LogP contribution >= 0.6 is 35.0 Å². The lowest BCUT2D eigenvalue weighted by atomic mass is 10.1. The molecule has 0 spiro atoms. The minimum Gasteiger partial charge on any atom is -0.272 e. The molecule has 0 saturated heterocycles. The van der Waals surface area contributed by atoms with E-state index in [9.17, 15) is 4.79 Å². The fraction of sp³-hybridized carbons (Fsp3) is 0.0833. The standard InChI is InChI=1S/C24H19Cl2N5OS/c1-16(18-12-13-20(25)21(26)14-18)27-28-22(32)15-33-24-30-29-23(17-8-4-2-5-9-17)31(24)19-10-6-3-7-11-19/h2-14H,15H2,1H3,(H,28,32). The first-order valence-corrected chi connectivity index (χ1v) is 11.7. The molecular formula is C24H19Cl2N5OS. The fourth-order valence-corrected chi connectivity index (χ4v) is 4.08. The van der Waals surface area contributed by atoms with Crippen LogP contribution in [0.15, 0.2) is 89.1 Å². The number of nitrogens with one attached hydrogen (secondary N) is 1. The molecule has 0 fully saturated rings. The maximum Gasteiger partial charge on any atom is 0.250 e. The van der Waals surface area contributed by atoms with E-state index in [2.05, 4.69) is 20.7 Å². The number of carbonyl (C=O) groups excluding carboxylic acids is 1. The third-order valence-corrected chi connectivity index (χ3v) is 6.37. The maximum atomic E-state index is 12.5. The number of carbonyl (C=O) groups is 1. The molecule has 0 aliphatic heterocycles. The molecule has 4 aromatic rings. The lowest BCUT2D eigenvalue weighted by molar-refractivity contribution is -0.118. The lowest BCUT2D eigenvalue weighted by Gasteiger charge is -2.10. The van der Waals surface area contributed by atoms with E-state index < -0.39 is 0 Å². The second-order valence-electron chi connectivity index (χ2n) is 6.99. The summed E-state index contributed by atoms with van der Waals surface area (Å²) in [7, 11) is 0. The Hall–Kier alpha value is -3.13. The minimum atomic E-state index is -0.261. The van der Waals surface area contributed by atoms with Crippen LogP contribution in [-0.4, -0.2) is 32.1 Å². The van der Waals surface area contributed by atoms with Crippen molar-refractivity contribution >= 4 is 46.6 Å². The summed E-state index contributed by atoms with van der Waals surface area (Å²) >= 11 is 13.3. The molecule has 0 unspecified atom stereocenters. The van der Waals surface area contributed by atoms with Crippen LogP contribution in [0.25, 0.3) is 17.1 Å². The molecule has 1 heterocycles. The summed E-state index contributed by atoms with van der Waals surface area (Å²) in [6, 6.07) is 24.8. The second kappa shape index (κ2) is 10.7. The molecule has 0 aliphatic rings. The Morgan fingerprint density at radius 1 is 0.970 bits per heavy atom. The van der Waals surface area contributed by atoms with Crippen molar-refractivity contribution in [1.82, 2.24) is 20.2 Å². The molecule has 9 heteroatoms. The highest BCUT2D eigenvalue weighted by Gasteiger charge is 2.17. The van der Waals surface area contributed by atoms with Gasteiger partial charge in [0, 0.05) is 11.3 Å². The second-order valence-corrected chi connectivity index (χ2v) is 8.75. The quantitative estimate of drug-likeness (QED) is 0.197. The van der Waals surface area contributed by atoms with Gasteiger partial charge in [-0.2, -0.15) is 5.10 Å². The zero-order valence-electron chi connectivity index (χ0n) is 17.6. The van der Waals surface area contributed by atoms with E-state index >= 15 is 0 Å². The van der Waals surface area contributed by atoms with Gasteiger partial charge in [-0.15, -0.1) is 10.2 Å². The number of para-hydroxylation sites is 1. The smallest absolute Gasteiger partial charge is 0.250 e. The molecule has 6 nitrogen and oxygen atoms in total. The summed E-state index contributed by atoms with van der Waals surface area (Å²) in [5.41, 5.74) is 5.82. The van der Waals surface area contributed by atoms with Crippen molar-refractivity contribution in [3.8, 4) is 17.1 Å². The SMILES string of the molecule is CC(=NNC(=O)CSc1nnc(-c2ccccc2)n1-c1ccccc1)c1ccc(Cl)c(Cl)c1. The van der Waals surface area contributed by atoms with E-state index in [-0.39, 0.29) is 11.7 Å². The molecule has 3 aromatic carbocycles. The van der Waals surface area contributed by atoms with Crippen LogP contribution < -0.4 is 5.43 Å². The number of amides is 1. The maximum absolute atomic E-state index is 12.5. The fourth-order valence-electron chi connectivity index (χ4n) is 3.04. The van der Waals surface area contributed by atoms with Crippen molar-refractivity contribution in [3.05, 3.63) is 94.5 Å². The Morgan fingerprint density at radius 2 is 1.67 bits per heavy atom. The van der Waals surface area contributed by atoms with Crippen molar-refractivity contribution in [1.29, 1.82) is 0 Å². The highest BCUT2D eigenvalue weighted by atomic mass is 35.5. The van der Waals surface area contributed by atoms with Crippen LogP contribution in [0.3, 0.4) is 0 Å². The number of thioether (sulfide) groups is 1. The highest BCUT2D eigenvalue weighted by Crippen LogP contribution is 2.28. The van der Waals surface area contributed by atoms with Crippen LogP contribution in [0.2, 0.25) is 10.0 Å². The lowest BCUT2D eigenvalue weighted by Crippen LogP contribution is -2.21. The summed E-state index contributed by atoms with van der Waals surface area (Å²) in [5.74, 6) is 0.569. The molecule has 1 aromatic heterocycles. The minimum absolute atomic E-state index is 0.123. The predicted octanol–water partition coefficient (Wildman–Crippen LogP) is 5.87. The molecule has 0 aliphatic carbocycles. The Kier molecular flexibility index (Phi) is 7.44. The van der Waals surface area contributed by atoms with E-state index in [4.69, 9.17) is 23.2 Å². The Balaban J connectivity index is 1.49. The van der Waals surface area contributed by atoms with Gasteiger partial charge in [-0.05, 0) is 36.8 Å². The molecule has 0 saturated carbocycles. The molecule has 4 rings (SSSR count). The molecule has 1 amide bonds. The summed E-state index contributed by atoms with van der Waals surface area (Å²) in [6.45, 7) is 1.78. The van der Waals surface area contributed by atoms with Crippen LogP contribution in [0.5, 0.6) is 0 Å². The third-order valence-electron chi connectivity index (χ3n) is 4.70. The first-order valence-electron chi connectivity index (χ1n) is 10.0. The summed E-state index contributed by atoms with van der Waals surface area (Å²) < 4.78 is 1.94. The normalized spacial score (nSPS) is 11.4. The predicted molar refractivity (Wildman–Crippen MR) is 134 cm³/mol. The first-order chi connectivity index (χ1) is 16.0. The molecule has 166 valence electrons. The average Bonchev–Trinajstić information content (AvgIpc) is 3.28. The van der Waals surface area contributed by atoms with Crippen molar-refractivity contribution in [3.63, 3.8) is 0 Å². The number of rotatable bonds is 7. The molecule has 0 radical (unpaired) electrons. The van der Waals surface area contributed by atoms with Gasteiger partial charge in [0.1, 0.15) is 0 Å². The summed E-state index contributed by atoms with van der Waals surface area (Å²) in [5, 5.41) is 14.4. The van der Waals surface area contributed by atoms with Crippen molar-refractivity contribution in [2.45, 2.75) is 12.1 Å². The first kappa shape index (κ1) is 23.0. The van der Waals surface area contributed by atoms with E-state index in [1.807, 2.05) is 65.2 Å². The van der Waals surface area contributed by atoms with Gasteiger partial charge in [0.15, 0.2) is 11.0 Å². The topological polar surface area (TPSA) is 72.2 Å². The van der Waals surface area contributed by atoms with Crippen molar-refractivity contribution in [2.24, 2.45) is 5.10 Å². The third kappa shape index (κ3) is 5.63. The van der Waals surface area contributed by atoms with Crippen LogP contribution in [0.4, 0.5) is 0 Å². The Bertz CT molecular complexity index is 1290. The monoisotopic (exact) mass is 495 g/mol. The van der Waals surface area contributed by atoms with Gasteiger partial charge in [0.2, 0.25) is 0 Å². The largest absolute Gasteiger partial charge is 0.272 e. The van der Waals surface area contributed by atoms with Gasteiger partial charge in [0.25, 0.3) is 5.91 Å². The number of hydrogen-bond donors (Lipinski definition) is 1. The highest BCUT2D eigenvalue weighted by molar-refractivity contribution is 7.99. The molecule has 1 N–H and O–H groups in total. The average molecular weight is 496 g/mol.